The molecule has 1 radical (unpaired) electrons. The highest BCUT2D eigenvalue weighted by molar-refractivity contribution is 5.85. The zero-order chi connectivity index (χ0) is 6.69. The first-order valence-corrected chi connectivity index (χ1v) is 2.75. The van der Waals surface area contributed by atoms with Crippen molar-refractivity contribution in [1.29, 1.82) is 0 Å². The molecule has 1 atom stereocenters. The zero-order valence-electron chi connectivity index (χ0n) is 4.81. The number of rotatable bonds is 2. The molecule has 0 aromatic carbocycles. The minimum absolute atomic E-state index is 0.113. The van der Waals surface area contributed by atoms with E-state index in [1.165, 1.54) is 6.41 Å². The van der Waals surface area contributed by atoms with Crippen LogP contribution in [0.2, 0.25) is 0 Å². The van der Waals surface area contributed by atoms with Gasteiger partial charge in [-0.2, -0.15) is 0 Å². The van der Waals surface area contributed by atoms with Crippen LogP contribution in [0.5, 0.6) is 0 Å². The average molecular weight is 127 g/mol. The van der Waals surface area contributed by atoms with Crippen LogP contribution in [-0.2, 0) is 9.59 Å². The monoisotopic (exact) mass is 127 g/mol. The SMILES string of the molecule is O=[C]NC1CCNC1=O. The van der Waals surface area contributed by atoms with Gasteiger partial charge in [0.2, 0.25) is 5.91 Å². The molecule has 1 aliphatic rings. The standard InChI is InChI=1S/C5H7N2O2/c8-3-7-4-1-2-6-5(4)9/h4H,1-2H2,(H,6,9)(H,7,8). The Hall–Kier alpha value is -1.06. The topological polar surface area (TPSA) is 58.2 Å². The van der Waals surface area contributed by atoms with Crippen LogP contribution >= 0.6 is 0 Å². The lowest BCUT2D eigenvalue weighted by Gasteiger charge is -2.00. The molecule has 0 aliphatic carbocycles. The van der Waals surface area contributed by atoms with Crippen molar-refractivity contribution in [2.75, 3.05) is 6.54 Å². The average Bonchev–Trinajstić information content (AvgIpc) is 2.18. The van der Waals surface area contributed by atoms with Crippen LogP contribution in [0, 0.1) is 0 Å². The number of carbonyl (C=O) groups is 1. The lowest BCUT2D eigenvalue weighted by atomic mass is 10.3. The van der Waals surface area contributed by atoms with Crippen molar-refractivity contribution in [2.45, 2.75) is 12.5 Å². The van der Waals surface area contributed by atoms with Crippen molar-refractivity contribution < 1.29 is 9.59 Å². The Bertz CT molecular complexity index is 135. The second-order valence-corrected chi connectivity index (χ2v) is 1.88. The van der Waals surface area contributed by atoms with Gasteiger partial charge in [-0.25, -0.2) is 0 Å². The van der Waals surface area contributed by atoms with Crippen LogP contribution < -0.4 is 10.6 Å². The molecular formula is C5H7N2O2. The minimum Gasteiger partial charge on any atom is -0.354 e. The molecule has 4 heteroatoms. The molecule has 2 amide bonds. The maximum atomic E-state index is 10.6. The summed E-state index contributed by atoms with van der Waals surface area (Å²) in [6.45, 7) is 0.651. The smallest absolute Gasteiger partial charge is 0.309 e. The Morgan fingerprint density at radius 3 is 3.00 bits per heavy atom. The summed E-state index contributed by atoms with van der Waals surface area (Å²) in [6, 6.07) is -0.345. The van der Waals surface area contributed by atoms with E-state index in [-0.39, 0.29) is 11.9 Å². The van der Waals surface area contributed by atoms with Gasteiger partial charge in [0.1, 0.15) is 6.04 Å². The number of hydrogen-bond donors (Lipinski definition) is 2. The Balaban J connectivity index is 2.39. The van der Waals surface area contributed by atoms with E-state index in [4.69, 9.17) is 0 Å². The van der Waals surface area contributed by atoms with Crippen molar-refractivity contribution in [3.05, 3.63) is 0 Å². The van der Waals surface area contributed by atoms with Gasteiger partial charge in [0.25, 0.3) is 0 Å². The summed E-state index contributed by atoms with van der Waals surface area (Å²) in [4.78, 5) is 20.3. The lowest BCUT2D eigenvalue weighted by molar-refractivity contribution is -0.120. The summed E-state index contributed by atoms with van der Waals surface area (Å²) in [5.74, 6) is -0.113. The molecule has 0 aromatic heterocycles. The van der Waals surface area contributed by atoms with E-state index in [0.29, 0.717) is 13.0 Å². The number of nitrogens with one attached hydrogen (secondary N) is 2. The predicted molar refractivity (Wildman–Crippen MR) is 30.2 cm³/mol. The van der Waals surface area contributed by atoms with Crippen LogP contribution in [0.1, 0.15) is 6.42 Å². The summed E-state index contributed by atoms with van der Waals surface area (Å²) in [7, 11) is 0. The fraction of sp³-hybridized carbons (Fsp3) is 0.600. The first-order chi connectivity index (χ1) is 4.34. The Kier molecular flexibility index (Phi) is 1.67. The van der Waals surface area contributed by atoms with Crippen LogP contribution in [-0.4, -0.2) is 24.9 Å². The van der Waals surface area contributed by atoms with Gasteiger partial charge in [-0.15, -0.1) is 0 Å². The van der Waals surface area contributed by atoms with Gasteiger partial charge in [-0.1, -0.05) is 0 Å². The minimum atomic E-state index is -0.345. The summed E-state index contributed by atoms with van der Waals surface area (Å²) >= 11 is 0. The van der Waals surface area contributed by atoms with Crippen molar-refractivity contribution in [3.8, 4) is 0 Å². The molecule has 1 fully saturated rings. The Labute approximate surface area is 52.6 Å². The highest BCUT2D eigenvalue weighted by Crippen LogP contribution is 1.96. The third-order valence-corrected chi connectivity index (χ3v) is 1.28. The molecule has 0 saturated carbocycles. The van der Waals surface area contributed by atoms with E-state index >= 15 is 0 Å². The first kappa shape index (κ1) is 6.07. The van der Waals surface area contributed by atoms with E-state index < -0.39 is 0 Å². The normalized spacial score (nSPS) is 25.3. The third kappa shape index (κ3) is 1.19. The molecular weight excluding hydrogens is 120 g/mol. The number of hydrogen-bond acceptors (Lipinski definition) is 2. The fourth-order valence-corrected chi connectivity index (χ4v) is 0.803. The highest BCUT2D eigenvalue weighted by atomic mass is 16.2. The molecule has 1 heterocycles. The number of carbonyl (C=O) groups excluding carboxylic acids is 2. The second kappa shape index (κ2) is 2.48. The van der Waals surface area contributed by atoms with Gasteiger partial charge in [-0.05, 0) is 6.42 Å². The first-order valence-electron chi connectivity index (χ1n) is 2.75. The van der Waals surface area contributed by atoms with Gasteiger partial charge in [0, 0.05) is 6.54 Å². The van der Waals surface area contributed by atoms with Gasteiger partial charge < -0.3 is 10.6 Å². The zero-order valence-corrected chi connectivity index (χ0v) is 4.81. The Morgan fingerprint density at radius 1 is 1.78 bits per heavy atom. The van der Waals surface area contributed by atoms with Crippen molar-refractivity contribution in [2.24, 2.45) is 0 Å². The van der Waals surface area contributed by atoms with Crippen LogP contribution in [0.15, 0.2) is 0 Å². The molecule has 1 unspecified atom stereocenters. The summed E-state index contributed by atoms with van der Waals surface area (Å²) in [5.41, 5.74) is 0. The maximum absolute atomic E-state index is 10.6. The summed E-state index contributed by atoms with van der Waals surface area (Å²) in [5, 5.41) is 4.85. The van der Waals surface area contributed by atoms with Crippen LogP contribution in [0.4, 0.5) is 0 Å². The van der Waals surface area contributed by atoms with E-state index in [9.17, 15) is 9.59 Å². The molecule has 1 aliphatic heterocycles. The lowest BCUT2D eigenvalue weighted by Crippen LogP contribution is -2.34. The number of amides is 2. The van der Waals surface area contributed by atoms with Gasteiger partial charge >= 0.3 is 6.41 Å². The highest BCUT2D eigenvalue weighted by Gasteiger charge is 2.22. The largest absolute Gasteiger partial charge is 0.354 e. The summed E-state index contributed by atoms with van der Waals surface area (Å²) in [6.07, 6.45) is 2.15. The van der Waals surface area contributed by atoms with Crippen molar-refractivity contribution >= 4 is 12.3 Å². The van der Waals surface area contributed by atoms with E-state index in [1.54, 1.807) is 0 Å². The molecule has 0 spiro atoms. The van der Waals surface area contributed by atoms with E-state index in [2.05, 4.69) is 10.6 Å². The molecule has 1 rings (SSSR count). The Morgan fingerprint density at radius 2 is 2.56 bits per heavy atom. The molecule has 0 aromatic rings. The molecule has 4 nitrogen and oxygen atoms in total. The maximum Gasteiger partial charge on any atom is 0.309 e. The van der Waals surface area contributed by atoms with Gasteiger partial charge in [0.15, 0.2) is 0 Å². The molecule has 0 bridgehead atoms. The van der Waals surface area contributed by atoms with E-state index in [0.717, 1.165) is 0 Å². The van der Waals surface area contributed by atoms with Crippen molar-refractivity contribution in [1.82, 2.24) is 10.6 Å². The third-order valence-electron chi connectivity index (χ3n) is 1.28. The second-order valence-electron chi connectivity index (χ2n) is 1.88. The van der Waals surface area contributed by atoms with E-state index in [1.807, 2.05) is 0 Å². The predicted octanol–water partition coefficient (Wildman–Crippen LogP) is -1.47. The van der Waals surface area contributed by atoms with Crippen molar-refractivity contribution in [3.63, 3.8) is 0 Å². The summed E-state index contributed by atoms with van der Waals surface area (Å²) < 4.78 is 0. The molecule has 2 N–H and O–H groups in total. The molecule has 9 heavy (non-hydrogen) atoms. The fourth-order valence-electron chi connectivity index (χ4n) is 0.803. The van der Waals surface area contributed by atoms with Gasteiger partial charge in [-0.3, -0.25) is 9.59 Å². The molecule has 1 saturated heterocycles. The van der Waals surface area contributed by atoms with Crippen LogP contribution in [0.25, 0.3) is 0 Å². The quantitative estimate of drug-likeness (QED) is 0.445. The van der Waals surface area contributed by atoms with Gasteiger partial charge in [0.05, 0.1) is 0 Å². The molecule has 49 valence electrons. The van der Waals surface area contributed by atoms with Crippen LogP contribution in [0.3, 0.4) is 0 Å².